The van der Waals surface area contributed by atoms with Gasteiger partial charge in [-0.1, -0.05) is 25.1 Å². The number of pyridine rings is 1. The van der Waals surface area contributed by atoms with Gasteiger partial charge in [-0.15, -0.1) is 0 Å². The number of fused-ring (bicyclic) bond motifs is 2. The molecule has 1 amide bonds. The molecule has 7 nitrogen and oxygen atoms in total. The number of para-hydroxylation sites is 1. The van der Waals surface area contributed by atoms with Crippen molar-refractivity contribution in [3.63, 3.8) is 0 Å². The summed E-state index contributed by atoms with van der Waals surface area (Å²) >= 11 is 0. The normalized spacial score (nSPS) is 15.7. The Hall–Kier alpha value is -3.22. The third kappa shape index (κ3) is 3.99. The van der Waals surface area contributed by atoms with E-state index >= 15 is 0 Å². The first-order valence-electron chi connectivity index (χ1n) is 9.81. The highest BCUT2D eigenvalue weighted by atomic mass is 16.5. The number of carbonyl (C=O) groups excluding carboxylic acids is 1. The van der Waals surface area contributed by atoms with Gasteiger partial charge < -0.3 is 10.1 Å². The highest BCUT2D eigenvalue weighted by Gasteiger charge is 2.19. The van der Waals surface area contributed by atoms with Gasteiger partial charge in [0, 0.05) is 17.8 Å². The second-order valence-electron chi connectivity index (χ2n) is 7.58. The SMILES string of the molecule is COc1ccccc1CNC(=O)Cn1cnc2nc3c(cc2c1=O)C[C@H](C)CC3. The van der Waals surface area contributed by atoms with Crippen LogP contribution in [0.5, 0.6) is 5.75 Å². The minimum absolute atomic E-state index is 0.0928. The molecule has 0 unspecified atom stereocenters. The number of aromatic nitrogens is 3. The van der Waals surface area contributed by atoms with Crippen LogP contribution in [-0.4, -0.2) is 27.6 Å². The zero-order chi connectivity index (χ0) is 20.4. The summed E-state index contributed by atoms with van der Waals surface area (Å²) < 4.78 is 6.63. The Kier molecular flexibility index (Phi) is 5.29. The standard InChI is InChI=1S/C22H24N4O3/c1-14-7-8-18-16(9-14)10-17-21(25-18)24-13-26(22(17)28)12-20(27)23-11-15-5-3-4-6-19(15)29-2/h3-6,10,13-14H,7-9,11-12H2,1-2H3,(H,23,27)/t14-/m1/s1. The second kappa shape index (κ2) is 8.03. The Morgan fingerprint density at radius 1 is 1.34 bits per heavy atom. The number of nitrogens with one attached hydrogen (secondary N) is 1. The van der Waals surface area contributed by atoms with Crippen LogP contribution < -0.4 is 15.6 Å². The molecule has 0 fully saturated rings. The molecular formula is C22H24N4O3. The summed E-state index contributed by atoms with van der Waals surface area (Å²) in [4.78, 5) is 34.2. The van der Waals surface area contributed by atoms with Gasteiger partial charge in [0.05, 0.1) is 12.5 Å². The Bertz CT molecular complexity index is 1120. The third-order valence-corrected chi connectivity index (χ3v) is 5.41. The van der Waals surface area contributed by atoms with Crippen LogP contribution in [0.3, 0.4) is 0 Å². The summed E-state index contributed by atoms with van der Waals surface area (Å²) in [7, 11) is 1.59. The number of aryl methyl sites for hydroxylation is 1. The summed E-state index contributed by atoms with van der Waals surface area (Å²) in [6, 6.07) is 9.40. The molecule has 0 saturated heterocycles. The van der Waals surface area contributed by atoms with Crippen molar-refractivity contribution in [1.29, 1.82) is 0 Å². The van der Waals surface area contributed by atoms with E-state index in [9.17, 15) is 9.59 Å². The third-order valence-electron chi connectivity index (χ3n) is 5.41. The van der Waals surface area contributed by atoms with Crippen LogP contribution in [-0.2, 0) is 30.7 Å². The van der Waals surface area contributed by atoms with Crippen molar-refractivity contribution in [1.82, 2.24) is 19.9 Å². The monoisotopic (exact) mass is 392 g/mol. The molecule has 1 atom stereocenters. The fourth-order valence-corrected chi connectivity index (χ4v) is 3.79. The Morgan fingerprint density at radius 3 is 3.00 bits per heavy atom. The lowest BCUT2D eigenvalue weighted by atomic mass is 9.87. The fourth-order valence-electron chi connectivity index (χ4n) is 3.79. The van der Waals surface area contributed by atoms with E-state index in [0.717, 1.165) is 36.1 Å². The van der Waals surface area contributed by atoms with Gasteiger partial charge in [-0.05, 0) is 42.9 Å². The zero-order valence-electron chi connectivity index (χ0n) is 16.6. The number of hydrogen-bond acceptors (Lipinski definition) is 5. The first kappa shape index (κ1) is 19.1. The number of ether oxygens (including phenoxy) is 1. The summed E-state index contributed by atoms with van der Waals surface area (Å²) in [5.74, 6) is 1.03. The van der Waals surface area contributed by atoms with Crippen molar-refractivity contribution >= 4 is 16.9 Å². The van der Waals surface area contributed by atoms with Gasteiger partial charge >= 0.3 is 0 Å². The van der Waals surface area contributed by atoms with Gasteiger partial charge in [0.25, 0.3) is 5.56 Å². The van der Waals surface area contributed by atoms with Crippen molar-refractivity contribution in [3.05, 3.63) is 63.8 Å². The van der Waals surface area contributed by atoms with E-state index in [4.69, 9.17) is 4.74 Å². The second-order valence-corrected chi connectivity index (χ2v) is 7.58. The maximum absolute atomic E-state index is 12.9. The molecule has 1 aromatic carbocycles. The van der Waals surface area contributed by atoms with Crippen LogP contribution in [0.25, 0.3) is 11.0 Å². The molecule has 3 aromatic rings. The van der Waals surface area contributed by atoms with Gasteiger partial charge in [0.1, 0.15) is 18.6 Å². The highest BCUT2D eigenvalue weighted by Crippen LogP contribution is 2.25. The first-order chi connectivity index (χ1) is 14.0. The van der Waals surface area contributed by atoms with Crippen molar-refractivity contribution in [2.45, 2.75) is 39.3 Å². The lowest BCUT2D eigenvalue weighted by Crippen LogP contribution is -2.32. The summed E-state index contributed by atoms with van der Waals surface area (Å²) in [5, 5.41) is 3.30. The number of hydrogen-bond donors (Lipinski definition) is 1. The zero-order valence-corrected chi connectivity index (χ0v) is 16.6. The number of nitrogens with zero attached hydrogens (tertiary/aromatic N) is 3. The van der Waals surface area contributed by atoms with E-state index in [-0.39, 0.29) is 18.0 Å². The molecule has 4 rings (SSSR count). The molecule has 0 aliphatic heterocycles. The highest BCUT2D eigenvalue weighted by molar-refractivity contribution is 5.77. The van der Waals surface area contributed by atoms with Gasteiger partial charge in [-0.2, -0.15) is 0 Å². The quantitative estimate of drug-likeness (QED) is 0.720. The van der Waals surface area contributed by atoms with E-state index in [0.29, 0.717) is 29.2 Å². The summed E-state index contributed by atoms with van der Waals surface area (Å²) in [6.07, 6.45) is 4.35. The smallest absolute Gasteiger partial charge is 0.263 e. The minimum Gasteiger partial charge on any atom is -0.496 e. The maximum Gasteiger partial charge on any atom is 0.263 e. The summed E-state index contributed by atoms with van der Waals surface area (Å²) in [6.45, 7) is 2.44. The largest absolute Gasteiger partial charge is 0.496 e. The van der Waals surface area contributed by atoms with Crippen molar-refractivity contribution in [2.75, 3.05) is 7.11 Å². The average molecular weight is 392 g/mol. The van der Waals surface area contributed by atoms with Gasteiger partial charge in [0.15, 0.2) is 5.65 Å². The molecule has 0 bridgehead atoms. The molecule has 29 heavy (non-hydrogen) atoms. The number of methoxy groups -OCH3 is 1. The molecule has 1 aliphatic rings. The van der Waals surface area contributed by atoms with Crippen LogP contribution in [0.15, 0.2) is 41.5 Å². The number of benzene rings is 1. The molecule has 0 saturated carbocycles. The van der Waals surface area contributed by atoms with E-state index < -0.39 is 0 Å². The molecule has 150 valence electrons. The number of amides is 1. The van der Waals surface area contributed by atoms with Gasteiger partial charge in [-0.3, -0.25) is 14.2 Å². The molecule has 2 aromatic heterocycles. The topological polar surface area (TPSA) is 86.1 Å². The molecule has 0 radical (unpaired) electrons. The Balaban J connectivity index is 1.52. The number of rotatable bonds is 5. The molecular weight excluding hydrogens is 368 g/mol. The van der Waals surface area contributed by atoms with E-state index in [2.05, 4.69) is 22.2 Å². The molecule has 1 aliphatic carbocycles. The molecule has 2 heterocycles. The van der Waals surface area contributed by atoms with Crippen molar-refractivity contribution in [2.24, 2.45) is 5.92 Å². The maximum atomic E-state index is 12.9. The number of carbonyl (C=O) groups is 1. The first-order valence-corrected chi connectivity index (χ1v) is 9.81. The van der Waals surface area contributed by atoms with E-state index in [1.54, 1.807) is 7.11 Å². The van der Waals surface area contributed by atoms with Crippen LogP contribution in [0, 0.1) is 5.92 Å². The van der Waals surface area contributed by atoms with Crippen LogP contribution >= 0.6 is 0 Å². The minimum atomic E-state index is -0.265. The van der Waals surface area contributed by atoms with Crippen molar-refractivity contribution in [3.8, 4) is 5.75 Å². The molecule has 0 spiro atoms. The molecule has 1 N–H and O–H groups in total. The predicted molar refractivity (Wildman–Crippen MR) is 110 cm³/mol. The summed E-state index contributed by atoms with van der Waals surface area (Å²) in [5.41, 5.74) is 3.24. The van der Waals surface area contributed by atoms with Crippen molar-refractivity contribution < 1.29 is 9.53 Å². The predicted octanol–water partition coefficient (Wildman–Crippen LogP) is 2.24. The van der Waals surface area contributed by atoms with Gasteiger partial charge in [-0.25, -0.2) is 9.97 Å². The molecule has 7 heteroatoms. The van der Waals surface area contributed by atoms with Crippen LogP contribution in [0.1, 0.15) is 30.2 Å². The van der Waals surface area contributed by atoms with E-state index in [1.807, 2.05) is 30.3 Å². The lowest BCUT2D eigenvalue weighted by molar-refractivity contribution is -0.121. The van der Waals surface area contributed by atoms with Crippen LogP contribution in [0.2, 0.25) is 0 Å². The Morgan fingerprint density at radius 2 is 2.17 bits per heavy atom. The average Bonchev–Trinajstić information content (AvgIpc) is 2.73. The Labute approximate surface area is 168 Å². The van der Waals surface area contributed by atoms with E-state index in [1.165, 1.54) is 10.9 Å². The van der Waals surface area contributed by atoms with Gasteiger partial charge in [0.2, 0.25) is 5.91 Å². The lowest BCUT2D eigenvalue weighted by Gasteiger charge is -2.20. The van der Waals surface area contributed by atoms with Crippen LogP contribution in [0.4, 0.5) is 0 Å². The fraction of sp³-hybridized carbons (Fsp3) is 0.364.